The molecule has 8 heteroatoms. The van der Waals surface area contributed by atoms with E-state index in [9.17, 15) is 22.8 Å². The second-order valence-corrected chi connectivity index (χ2v) is 5.53. The lowest BCUT2D eigenvalue weighted by atomic mass is 10.2. The van der Waals surface area contributed by atoms with E-state index in [2.05, 4.69) is 5.32 Å². The molecule has 0 aliphatic heterocycles. The quantitative estimate of drug-likeness (QED) is 0.824. The number of halogens is 3. The van der Waals surface area contributed by atoms with Crippen molar-refractivity contribution in [3.8, 4) is 5.75 Å². The molecule has 26 heavy (non-hydrogen) atoms. The van der Waals surface area contributed by atoms with Gasteiger partial charge in [-0.25, -0.2) is 0 Å². The number of hydrogen-bond donors (Lipinski definition) is 2. The fraction of sp³-hybridized carbons (Fsp3) is 0.222. The summed E-state index contributed by atoms with van der Waals surface area (Å²) in [5.41, 5.74) is 1.27. The van der Waals surface area contributed by atoms with Gasteiger partial charge in [-0.05, 0) is 42.8 Å². The molecule has 2 aromatic carbocycles. The lowest BCUT2D eigenvalue weighted by Crippen LogP contribution is -2.33. The lowest BCUT2D eigenvalue weighted by Gasteiger charge is -2.10. The molecule has 0 unspecified atom stereocenters. The predicted octanol–water partition coefficient (Wildman–Crippen LogP) is 3.30. The molecule has 0 saturated carbocycles. The molecule has 0 aliphatic carbocycles. The fourth-order valence-corrected chi connectivity index (χ4v) is 2.07. The van der Waals surface area contributed by atoms with E-state index in [0.717, 1.165) is 5.56 Å². The number of anilines is 1. The first-order valence-electron chi connectivity index (χ1n) is 7.67. The van der Waals surface area contributed by atoms with E-state index in [1.54, 1.807) is 23.5 Å². The summed E-state index contributed by atoms with van der Waals surface area (Å²) in [6.07, 6.45) is -4.49. The first-order valence-corrected chi connectivity index (χ1v) is 7.67. The maximum atomic E-state index is 12.1. The minimum Gasteiger partial charge on any atom is -0.484 e. The van der Waals surface area contributed by atoms with Crippen molar-refractivity contribution in [2.24, 2.45) is 0 Å². The number of carbonyl (C=O) groups excluding carboxylic acids is 2. The molecule has 2 aromatic rings. The summed E-state index contributed by atoms with van der Waals surface area (Å²) >= 11 is 0. The number of ether oxygens (including phenoxy) is 1. The van der Waals surface area contributed by atoms with Crippen molar-refractivity contribution in [2.45, 2.75) is 13.1 Å². The van der Waals surface area contributed by atoms with Gasteiger partial charge in [0, 0.05) is 11.3 Å². The van der Waals surface area contributed by atoms with E-state index >= 15 is 0 Å². The number of rotatable bonds is 6. The first kappa shape index (κ1) is 19.3. The highest BCUT2D eigenvalue weighted by atomic mass is 19.4. The van der Waals surface area contributed by atoms with Gasteiger partial charge in [-0.3, -0.25) is 9.59 Å². The van der Waals surface area contributed by atoms with Crippen molar-refractivity contribution in [1.29, 1.82) is 0 Å². The number of amides is 2. The normalized spacial score (nSPS) is 10.9. The number of carbonyl (C=O) groups is 2. The Morgan fingerprint density at radius 2 is 1.81 bits per heavy atom. The Kier molecular flexibility index (Phi) is 6.21. The zero-order valence-electron chi connectivity index (χ0n) is 13.9. The summed E-state index contributed by atoms with van der Waals surface area (Å²) in [5, 5.41) is 4.30. The van der Waals surface area contributed by atoms with E-state index < -0.39 is 24.5 Å². The van der Waals surface area contributed by atoms with Gasteiger partial charge >= 0.3 is 6.18 Å². The van der Waals surface area contributed by atoms with Gasteiger partial charge in [0.15, 0.2) is 6.61 Å². The maximum Gasteiger partial charge on any atom is 0.405 e. The van der Waals surface area contributed by atoms with Crippen LogP contribution in [-0.4, -0.2) is 31.1 Å². The Bertz CT molecular complexity index is 791. The SMILES string of the molecule is Cc1cccc(OCC(=O)Nc2cccc(C(=O)NCC(F)(F)F)c2)c1. The summed E-state index contributed by atoms with van der Waals surface area (Å²) < 4.78 is 41.8. The molecule has 2 amide bonds. The summed E-state index contributed by atoms with van der Waals surface area (Å²) in [4.78, 5) is 23.6. The van der Waals surface area contributed by atoms with Crippen molar-refractivity contribution >= 4 is 17.5 Å². The van der Waals surface area contributed by atoms with E-state index in [1.165, 1.54) is 24.3 Å². The van der Waals surface area contributed by atoms with Crippen molar-refractivity contribution in [1.82, 2.24) is 5.32 Å². The third-order valence-electron chi connectivity index (χ3n) is 3.22. The molecular formula is C18H17F3N2O3. The largest absolute Gasteiger partial charge is 0.484 e. The molecule has 0 aliphatic rings. The van der Waals surface area contributed by atoms with Gasteiger partial charge in [-0.15, -0.1) is 0 Å². The van der Waals surface area contributed by atoms with Crippen molar-refractivity contribution < 1.29 is 27.5 Å². The molecule has 138 valence electrons. The average molecular weight is 366 g/mol. The molecular weight excluding hydrogens is 349 g/mol. The Balaban J connectivity index is 1.91. The number of aryl methyl sites for hydroxylation is 1. The molecule has 2 rings (SSSR count). The fourth-order valence-electron chi connectivity index (χ4n) is 2.07. The van der Waals surface area contributed by atoms with Gasteiger partial charge in [0.2, 0.25) is 0 Å². The molecule has 0 fully saturated rings. The number of alkyl halides is 3. The van der Waals surface area contributed by atoms with E-state index in [0.29, 0.717) is 5.75 Å². The summed E-state index contributed by atoms with van der Waals surface area (Å²) in [5.74, 6) is -0.797. The highest BCUT2D eigenvalue weighted by Crippen LogP contribution is 2.15. The molecule has 0 aromatic heterocycles. The average Bonchev–Trinajstić information content (AvgIpc) is 2.57. The van der Waals surface area contributed by atoms with Crippen LogP contribution in [0, 0.1) is 6.92 Å². The zero-order chi connectivity index (χ0) is 19.2. The second kappa shape index (κ2) is 8.37. The highest BCUT2D eigenvalue weighted by Gasteiger charge is 2.27. The van der Waals surface area contributed by atoms with Crippen LogP contribution < -0.4 is 15.4 Å². The lowest BCUT2D eigenvalue weighted by molar-refractivity contribution is -0.123. The molecule has 0 spiro atoms. The van der Waals surface area contributed by atoms with Crippen LogP contribution in [0.25, 0.3) is 0 Å². The van der Waals surface area contributed by atoms with Gasteiger partial charge in [-0.2, -0.15) is 13.2 Å². The Hall–Kier alpha value is -3.03. The van der Waals surface area contributed by atoms with E-state index in [-0.39, 0.29) is 17.9 Å². The van der Waals surface area contributed by atoms with Crippen LogP contribution in [0.4, 0.5) is 18.9 Å². The van der Waals surface area contributed by atoms with Crippen molar-refractivity contribution in [3.05, 3.63) is 59.7 Å². The summed E-state index contributed by atoms with van der Waals surface area (Å²) in [7, 11) is 0. The minimum atomic E-state index is -4.49. The summed E-state index contributed by atoms with van der Waals surface area (Å²) in [6, 6.07) is 12.8. The molecule has 5 nitrogen and oxygen atoms in total. The molecule has 0 saturated heterocycles. The van der Waals surface area contributed by atoms with Gasteiger partial charge in [0.25, 0.3) is 11.8 Å². The van der Waals surface area contributed by atoms with Gasteiger partial charge < -0.3 is 15.4 Å². The number of nitrogens with one attached hydrogen (secondary N) is 2. The Morgan fingerprint density at radius 3 is 2.50 bits per heavy atom. The number of hydrogen-bond acceptors (Lipinski definition) is 3. The molecule has 0 bridgehead atoms. The third kappa shape index (κ3) is 6.46. The van der Waals surface area contributed by atoms with Crippen LogP contribution in [0.2, 0.25) is 0 Å². The minimum absolute atomic E-state index is 0.00616. The zero-order valence-corrected chi connectivity index (χ0v) is 13.9. The Morgan fingerprint density at radius 1 is 1.08 bits per heavy atom. The molecule has 0 radical (unpaired) electrons. The van der Waals surface area contributed by atoms with Crippen molar-refractivity contribution in [2.75, 3.05) is 18.5 Å². The summed E-state index contributed by atoms with van der Waals surface area (Å²) in [6.45, 7) is 0.225. The molecule has 0 heterocycles. The third-order valence-corrected chi connectivity index (χ3v) is 3.22. The van der Waals surface area contributed by atoms with Gasteiger partial charge in [0.05, 0.1) is 0 Å². The number of benzene rings is 2. The standard InChI is InChI=1S/C18H17F3N2O3/c1-12-4-2-7-15(8-12)26-10-16(24)23-14-6-3-5-13(9-14)17(25)22-11-18(19,20)21/h2-9H,10-11H2,1H3,(H,22,25)(H,23,24). The smallest absolute Gasteiger partial charge is 0.405 e. The van der Waals surface area contributed by atoms with Crippen LogP contribution in [-0.2, 0) is 4.79 Å². The van der Waals surface area contributed by atoms with Crippen LogP contribution in [0.1, 0.15) is 15.9 Å². The van der Waals surface area contributed by atoms with Crippen LogP contribution in [0.15, 0.2) is 48.5 Å². The second-order valence-electron chi connectivity index (χ2n) is 5.53. The van der Waals surface area contributed by atoms with Gasteiger partial charge in [0.1, 0.15) is 12.3 Å². The predicted molar refractivity (Wildman–Crippen MR) is 90.1 cm³/mol. The van der Waals surface area contributed by atoms with Gasteiger partial charge in [-0.1, -0.05) is 18.2 Å². The van der Waals surface area contributed by atoms with Crippen LogP contribution in [0.3, 0.4) is 0 Å². The highest BCUT2D eigenvalue weighted by molar-refractivity contribution is 5.97. The topological polar surface area (TPSA) is 67.4 Å². The van der Waals surface area contributed by atoms with E-state index in [4.69, 9.17) is 4.74 Å². The van der Waals surface area contributed by atoms with Crippen LogP contribution >= 0.6 is 0 Å². The maximum absolute atomic E-state index is 12.1. The van der Waals surface area contributed by atoms with Crippen molar-refractivity contribution in [3.63, 3.8) is 0 Å². The van der Waals surface area contributed by atoms with Crippen LogP contribution in [0.5, 0.6) is 5.75 Å². The first-order chi connectivity index (χ1) is 12.2. The van der Waals surface area contributed by atoms with E-state index in [1.807, 2.05) is 13.0 Å². The Labute approximate surface area is 148 Å². The molecule has 2 N–H and O–H groups in total. The monoisotopic (exact) mass is 366 g/mol. The molecule has 0 atom stereocenters.